The van der Waals surface area contributed by atoms with Gasteiger partial charge in [-0.15, -0.1) is 0 Å². The summed E-state index contributed by atoms with van der Waals surface area (Å²) in [6, 6.07) is 13.6. The zero-order valence-electron chi connectivity index (χ0n) is 22.3. The number of para-hydroxylation sites is 1. The highest BCUT2D eigenvalue weighted by atomic mass is 35.5. The van der Waals surface area contributed by atoms with E-state index in [0.717, 1.165) is 25.3 Å². The standard InChI is InChI=1S/C30H32ClF3N2O3/c1-17(30(32,33)34)27(21-13-20-7-5-6-8-24(20)35-16-21)28(38)36-25-14-19(11-12-23(25)31)22(18-9-10-18)15-26(37)39-29(2,3)4/h5-8,11-14,16-18,22,27H,9-10,15H2,1-4H3,(H,36,38). The van der Waals surface area contributed by atoms with Gasteiger partial charge in [-0.2, -0.15) is 13.2 Å². The molecule has 1 aromatic heterocycles. The second kappa shape index (κ2) is 11.2. The average molecular weight is 561 g/mol. The number of ether oxygens (including phenoxy) is 1. The topological polar surface area (TPSA) is 68.3 Å². The highest BCUT2D eigenvalue weighted by molar-refractivity contribution is 6.33. The number of halogens is 4. The fourth-order valence-electron chi connectivity index (χ4n) is 4.81. The van der Waals surface area contributed by atoms with E-state index in [2.05, 4.69) is 10.3 Å². The Hall–Kier alpha value is -3.13. The van der Waals surface area contributed by atoms with Gasteiger partial charge in [0.15, 0.2) is 0 Å². The number of amides is 1. The van der Waals surface area contributed by atoms with E-state index in [-0.39, 0.29) is 40.5 Å². The number of carbonyl (C=O) groups is 2. The number of fused-ring (bicyclic) bond motifs is 1. The summed E-state index contributed by atoms with van der Waals surface area (Å²) in [7, 11) is 0. The lowest BCUT2D eigenvalue weighted by Crippen LogP contribution is -2.34. The molecule has 1 aliphatic rings. The van der Waals surface area contributed by atoms with E-state index in [1.807, 2.05) is 0 Å². The van der Waals surface area contributed by atoms with Gasteiger partial charge in [0.1, 0.15) is 5.60 Å². The fourth-order valence-corrected chi connectivity index (χ4v) is 4.98. The van der Waals surface area contributed by atoms with Crippen molar-refractivity contribution in [3.63, 3.8) is 0 Å². The number of nitrogens with zero attached hydrogens (tertiary/aromatic N) is 1. The Labute approximate surface area is 231 Å². The lowest BCUT2D eigenvalue weighted by molar-refractivity contribution is -0.178. The van der Waals surface area contributed by atoms with Crippen LogP contribution in [0.3, 0.4) is 0 Å². The highest BCUT2D eigenvalue weighted by Crippen LogP contribution is 2.46. The molecule has 1 N–H and O–H groups in total. The molecule has 1 heterocycles. The molecular formula is C30H32ClF3N2O3. The number of benzene rings is 2. The zero-order chi connectivity index (χ0) is 28.5. The van der Waals surface area contributed by atoms with Crippen molar-refractivity contribution >= 4 is 40.1 Å². The molecule has 208 valence electrons. The van der Waals surface area contributed by atoms with Crippen molar-refractivity contribution in [1.82, 2.24) is 4.98 Å². The SMILES string of the molecule is CC(C(C(=O)Nc1cc(C(CC(=O)OC(C)(C)C)C2CC2)ccc1Cl)c1cnc2ccccc2c1)C(F)(F)F. The van der Waals surface area contributed by atoms with Crippen LogP contribution in [0.4, 0.5) is 18.9 Å². The predicted molar refractivity (Wildman–Crippen MR) is 146 cm³/mol. The second-order valence-corrected chi connectivity index (χ2v) is 11.6. The van der Waals surface area contributed by atoms with Gasteiger partial charge in [-0.25, -0.2) is 0 Å². The molecule has 0 aliphatic heterocycles. The molecule has 3 unspecified atom stereocenters. The van der Waals surface area contributed by atoms with Crippen LogP contribution in [-0.2, 0) is 14.3 Å². The minimum Gasteiger partial charge on any atom is -0.460 e. The van der Waals surface area contributed by atoms with Crippen LogP contribution in [0.25, 0.3) is 10.9 Å². The quantitative estimate of drug-likeness (QED) is 0.283. The maximum absolute atomic E-state index is 13.9. The maximum atomic E-state index is 13.9. The van der Waals surface area contributed by atoms with E-state index in [1.54, 1.807) is 69.3 Å². The fraction of sp³-hybridized carbons (Fsp3) is 0.433. The van der Waals surface area contributed by atoms with Gasteiger partial charge >= 0.3 is 12.1 Å². The van der Waals surface area contributed by atoms with Gasteiger partial charge in [-0.3, -0.25) is 14.6 Å². The molecule has 5 nitrogen and oxygen atoms in total. The summed E-state index contributed by atoms with van der Waals surface area (Å²) in [5, 5.41) is 3.47. The van der Waals surface area contributed by atoms with E-state index in [9.17, 15) is 22.8 Å². The first-order chi connectivity index (χ1) is 18.2. The molecule has 0 radical (unpaired) electrons. The van der Waals surface area contributed by atoms with Crippen LogP contribution < -0.4 is 5.32 Å². The summed E-state index contributed by atoms with van der Waals surface area (Å²) in [6.07, 6.45) is -1.23. The van der Waals surface area contributed by atoms with Gasteiger partial charge in [0.05, 0.1) is 34.5 Å². The van der Waals surface area contributed by atoms with Crippen LogP contribution in [0.15, 0.2) is 54.7 Å². The van der Waals surface area contributed by atoms with E-state index in [4.69, 9.17) is 16.3 Å². The molecule has 1 saturated carbocycles. The molecule has 2 aromatic carbocycles. The monoisotopic (exact) mass is 560 g/mol. The Kier molecular flexibility index (Phi) is 8.26. The number of rotatable bonds is 8. The lowest BCUT2D eigenvalue weighted by atomic mass is 9.86. The molecule has 4 rings (SSSR count). The Morgan fingerprint density at radius 1 is 1.08 bits per heavy atom. The van der Waals surface area contributed by atoms with Crippen LogP contribution in [0.5, 0.6) is 0 Å². The van der Waals surface area contributed by atoms with Crippen molar-refractivity contribution < 1.29 is 27.5 Å². The van der Waals surface area contributed by atoms with Gasteiger partial charge in [-0.05, 0) is 80.8 Å². The highest BCUT2D eigenvalue weighted by Gasteiger charge is 2.45. The largest absolute Gasteiger partial charge is 0.460 e. The Morgan fingerprint density at radius 3 is 2.41 bits per heavy atom. The minimum absolute atomic E-state index is 0.151. The van der Waals surface area contributed by atoms with E-state index >= 15 is 0 Å². The molecule has 9 heteroatoms. The number of hydrogen-bond acceptors (Lipinski definition) is 4. The molecule has 0 bridgehead atoms. The Balaban J connectivity index is 1.63. The van der Waals surface area contributed by atoms with Crippen molar-refractivity contribution in [3.8, 4) is 0 Å². The maximum Gasteiger partial charge on any atom is 0.392 e. The van der Waals surface area contributed by atoms with Gasteiger partial charge in [-0.1, -0.05) is 42.8 Å². The number of aromatic nitrogens is 1. The van der Waals surface area contributed by atoms with Gasteiger partial charge < -0.3 is 10.1 Å². The smallest absolute Gasteiger partial charge is 0.392 e. The third-order valence-electron chi connectivity index (χ3n) is 6.94. The first-order valence-corrected chi connectivity index (χ1v) is 13.3. The number of esters is 1. The number of pyridine rings is 1. The van der Waals surface area contributed by atoms with E-state index in [1.165, 1.54) is 6.20 Å². The lowest BCUT2D eigenvalue weighted by Gasteiger charge is -2.26. The van der Waals surface area contributed by atoms with Gasteiger partial charge in [0.2, 0.25) is 5.91 Å². The summed E-state index contributed by atoms with van der Waals surface area (Å²) in [5.41, 5.74) is 1.13. The Bertz CT molecular complexity index is 1370. The summed E-state index contributed by atoms with van der Waals surface area (Å²) < 4.78 is 47.2. The molecule has 0 saturated heterocycles. The van der Waals surface area contributed by atoms with Crippen LogP contribution >= 0.6 is 11.6 Å². The molecule has 0 spiro atoms. The molecule has 1 fully saturated rings. The van der Waals surface area contributed by atoms with E-state index in [0.29, 0.717) is 10.9 Å². The number of carbonyl (C=O) groups excluding carboxylic acids is 2. The van der Waals surface area contributed by atoms with Crippen molar-refractivity contribution in [2.75, 3.05) is 5.32 Å². The van der Waals surface area contributed by atoms with Crippen LogP contribution in [0, 0.1) is 11.8 Å². The molecule has 1 amide bonds. The number of alkyl halides is 3. The predicted octanol–water partition coefficient (Wildman–Crippen LogP) is 8.03. The first kappa shape index (κ1) is 28.9. The van der Waals surface area contributed by atoms with Crippen LogP contribution in [0.1, 0.15) is 69.9 Å². The molecule has 3 atom stereocenters. The minimum atomic E-state index is -4.62. The molecule has 1 aliphatic carbocycles. The van der Waals surface area contributed by atoms with Crippen molar-refractivity contribution in [2.24, 2.45) is 11.8 Å². The summed E-state index contributed by atoms with van der Waals surface area (Å²) in [6.45, 7) is 6.39. The zero-order valence-corrected chi connectivity index (χ0v) is 23.1. The third kappa shape index (κ3) is 7.29. The van der Waals surface area contributed by atoms with Crippen LogP contribution in [0.2, 0.25) is 5.02 Å². The molecule has 3 aromatic rings. The van der Waals surface area contributed by atoms with Gasteiger partial charge in [0, 0.05) is 11.6 Å². The number of anilines is 1. The summed E-state index contributed by atoms with van der Waals surface area (Å²) in [4.78, 5) is 30.3. The van der Waals surface area contributed by atoms with Crippen LogP contribution in [-0.4, -0.2) is 28.6 Å². The van der Waals surface area contributed by atoms with Crippen molar-refractivity contribution in [3.05, 3.63) is 70.9 Å². The van der Waals surface area contributed by atoms with Crippen molar-refractivity contribution in [2.45, 2.75) is 70.6 Å². The molecule has 39 heavy (non-hydrogen) atoms. The Morgan fingerprint density at radius 2 is 1.77 bits per heavy atom. The normalized spacial score (nSPS) is 16.4. The van der Waals surface area contributed by atoms with Crippen molar-refractivity contribution in [1.29, 1.82) is 0 Å². The number of hydrogen-bond donors (Lipinski definition) is 1. The number of nitrogens with one attached hydrogen (secondary N) is 1. The summed E-state index contributed by atoms with van der Waals surface area (Å²) >= 11 is 6.39. The second-order valence-electron chi connectivity index (χ2n) is 11.2. The molecular weight excluding hydrogens is 529 g/mol. The third-order valence-corrected chi connectivity index (χ3v) is 7.27. The first-order valence-electron chi connectivity index (χ1n) is 13.0. The average Bonchev–Trinajstić information content (AvgIpc) is 3.68. The van der Waals surface area contributed by atoms with E-state index < -0.39 is 29.5 Å². The van der Waals surface area contributed by atoms with Gasteiger partial charge in [0.25, 0.3) is 0 Å². The summed E-state index contributed by atoms with van der Waals surface area (Å²) in [5.74, 6) is -4.57.